The van der Waals surface area contributed by atoms with E-state index in [4.69, 9.17) is 15.2 Å². The number of phenols is 1. The zero-order chi connectivity index (χ0) is 34.2. The number of carbonyl (C=O) groups is 4. The highest BCUT2D eigenvalue weighted by atomic mass is 33.1. The molecule has 11 nitrogen and oxygen atoms in total. The van der Waals surface area contributed by atoms with Crippen LogP contribution in [0.1, 0.15) is 49.9 Å². The summed E-state index contributed by atoms with van der Waals surface area (Å²) in [4.78, 5) is 53.6. The summed E-state index contributed by atoms with van der Waals surface area (Å²) in [6.45, 7) is 11.0. The van der Waals surface area contributed by atoms with Crippen molar-refractivity contribution in [2.45, 2.75) is 88.1 Å². The van der Waals surface area contributed by atoms with Crippen LogP contribution >= 0.6 is 21.6 Å². The maximum atomic E-state index is 13.7. The first-order chi connectivity index (χ1) is 21.6. The number of aryl methyl sites for hydroxylation is 2. The van der Waals surface area contributed by atoms with E-state index in [1.165, 1.54) is 28.7 Å². The molecule has 252 valence electrons. The molecule has 2 aromatic carbocycles. The standard InChI is InChI=1S/C33H46N4O7S2/c1-19-15-22(38)16-20(2)23(19)18-24(34)28(39)36-26-30(41)35-13-14-44-25(17-21-11-9-8-10-12-21)29(40)37-27(31(42)43-7)33(5,6)46-45-32(26,3)4/h8-12,15-16,24-27,38H,13-14,17-18,34H2,1-7H3,(H,35,41)(H,36,39)(H,37,40)/t24-,25+,26-,27?/m0/s1. The van der Waals surface area contributed by atoms with Gasteiger partial charge in [-0.05, 0) is 82.3 Å². The van der Waals surface area contributed by atoms with Crippen molar-refractivity contribution in [1.82, 2.24) is 16.0 Å². The summed E-state index contributed by atoms with van der Waals surface area (Å²) in [6.07, 6.45) is -0.481. The number of rotatable bonds is 7. The minimum absolute atomic E-state index is 0.00481. The van der Waals surface area contributed by atoms with Gasteiger partial charge in [-0.25, -0.2) is 4.79 Å². The lowest BCUT2D eigenvalue weighted by Crippen LogP contribution is -2.60. The number of amides is 3. The number of nitrogens with two attached hydrogens (primary N) is 1. The average molecular weight is 675 g/mol. The predicted molar refractivity (Wildman–Crippen MR) is 181 cm³/mol. The molecule has 1 unspecified atom stereocenters. The van der Waals surface area contributed by atoms with Gasteiger partial charge in [-0.1, -0.05) is 51.9 Å². The molecule has 6 N–H and O–H groups in total. The highest BCUT2D eigenvalue weighted by Crippen LogP contribution is 2.47. The fourth-order valence-corrected chi connectivity index (χ4v) is 7.93. The average Bonchev–Trinajstić information content (AvgIpc) is 3.00. The third-order valence-corrected chi connectivity index (χ3v) is 12.1. The number of ether oxygens (including phenoxy) is 2. The first-order valence-corrected chi connectivity index (χ1v) is 17.2. The molecule has 1 aliphatic heterocycles. The Morgan fingerprint density at radius 1 is 1.07 bits per heavy atom. The zero-order valence-corrected chi connectivity index (χ0v) is 29.1. The Morgan fingerprint density at radius 2 is 1.67 bits per heavy atom. The van der Waals surface area contributed by atoms with Crippen LogP contribution in [-0.2, 0) is 41.5 Å². The molecule has 1 saturated heterocycles. The van der Waals surface area contributed by atoms with Gasteiger partial charge in [0.05, 0.1) is 24.5 Å². The molecule has 1 fully saturated rings. The molecule has 1 aliphatic rings. The fraction of sp³-hybridized carbons (Fsp3) is 0.515. The Balaban J connectivity index is 1.88. The summed E-state index contributed by atoms with van der Waals surface area (Å²) in [5.41, 5.74) is 9.69. The quantitative estimate of drug-likeness (QED) is 0.218. The molecule has 0 aliphatic carbocycles. The first kappa shape index (κ1) is 37.2. The van der Waals surface area contributed by atoms with E-state index in [0.29, 0.717) is 0 Å². The molecule has 0 spiro atoms. The van der Waals surface area contributed by atoms with Crippen molar-refractivity contribution >= 4 is 45.3 Å². The maximum Gasteiger partial charge on any atom is 0.329 e. The van der Waals surface area contributed by atoms with E-state index >= 15 is 0 Å². The molecule has 3 rings (SSSR count). The smallest absolute Gasteiger partial charge is 0.329 e. The maximum absolute atomic E-state index is 13.7. The predicted octanol–water partition coefficient (Wildman–Crippen LogP) is 2.72. The summed E-state index contributed by atoms with van der Waals surface area (Å²) in [5, 5.41) is 18.5. The number of benzene rings is 2. The molecule has 1 heterocycles. The summed E-state index contributed by atoms with van der Waals surface area (Å²) >= 11 is 0. The van der Waals surface area contributed by atoms with Crippen molar-refractivity contribution < 1.29 is 33.8 Å². The summed E-state index contributed by atoms with van der Waals surface area (Å²) in [5.74, 6) is -1.91. The summed E-state index contributed by atoms with van der Waals surface area (Å²) < 4.78 is 9.22. The molecular weight excluding hydrogens is 629 g/mol. The van der Waals surface area contributed by atoms with Crippen LogP contribution in [0, 0.1) is 13.8 Å². The van der Waals surface area contributed by atoms with Crippen molar-refractivity contribution in [2.24, 2.45) is 5.73 Å². The Hall–Kier alpha value is -3.26. The zero-order valence-electron chi connectivity index (χ0n) is 27.5. The number of aromatic hydroxyl groups is 1. The number of esters is 1. The topological polar surface area (TPSA) is 169 Å². The minimum Gasteiger partial charge on any atom is -0.508 e. The molecule has 0 bridgehead atoms. The lowest BCUT2D eigenvalue weighted by Gasteiger charge is -2.38. The van der Waals surface area contributed by atoms with Crippen molar-refractivity contribution in [3.63, 3.8) is 0 Å². The van der Waals surface area contributed by atoms with Gasteiger partial charge >= 0.3 is 5.97 Å². The molecule has 0 aromatic heterocycles. The van der Waals surface area contributed by atoms with E-state index in [0.717, 1.165) is 22.3 Å². The number of nitrogens with one attached hydrogen (secondary N) is 3. The van der Waals surface area contributed by atoms with E-state index in [-0.39, 0.29) is 31.7 Å². The molecule has 2 aromatic rings. The SMILES string of the molecule is COC(=O)C1NC(=O)[C@@H](Cc2ccccc2)OCCNC(=O)[C@H](NC(=O)[C@@H](N)Cc2c(C)cc(O)cc2C)C(C)(C)SSC1(C)C. The Morgan fingerprint density at radius 3 is 2.28 bits per heavy atom. The normalized spacial score (nSPS) is 22.8. The van der Waals surface area contributed by atoms with Gasteiger partial charge in [0.15, 0.2) is 0 Å². The third-order valence-electron chi connectivity index (χ3n) is 7.85. The van der Waals surface area contributed by atoms with Gasteiger partial charge in [-0.15, -0.1) is 0 Å². The van der Waals surface area contributed by atoms with Crippen LogP contribution in [-0.4, -0.2) is 82.8 Å². The van der Waals surface area contributed by atoms with Gasteiger partial charge in [0.2, 0.25) is 17.7 Å². The second kappa shape index (κ2) is 16.0. The van der Waals surface area contributed by atoms with Gasteiger partial charge in [-0.3, -0.25) is 14.4 Å². The Bertz CT molecular complexity index is 1380. The van der Waals surface area contributed by atoms with E-state index in [1.807, 2.05) is 58.0 Å². The number of methoxy groups -OCH3 is 1. The number of hydrogen-bond donors (Lipinski definition) is 5. The molecule has 3 amide bonds. The largest absolute Gasteiger partial charge is 0.508 e. The van der Waals surface area contributed by atoms with Crippen LogP contribution in [0.2, 0.25) is 0 Å². The number of phenolic OH excluding ortho intramolecular Hbond substituents is 1. The van der Waals surface area contributed by atoms with Crippen LogP contribution in [0.25, 0.3) is 0 Å². The van der Waals surface area contributed by atoms with Gasteiger partial charge < -0.3 is 36.3 Å². The van der Waals surface area contributed by atoms with E-state index in [1.54, 1.807) is 26.0 Å². The van der Waals surface area contributed by atoms with E-state index in [2.05, 4.69) is 16.0 Å². The van der Waals surface area contributed by atoms with Gasteiger partial charge in [-0.2, -0.15) is 0 Å². The molecule has 4 atom stereocenters. The highest BCUT2D eigenvalue weighted by Gasteiger charge is 2.44. The number of hydrogen-bond acceptors (Lipinski definition) is 10. The van der Waals surface area contributed by atoms with Crippen molar-refractivity contribution in [3.05, 3.63) is 64.7 Å². The molecule has 0 radical (unpaired) electrons. The summed E-state index contributed by atoms with van der Waals surface area (Å²) in [7, 11) is 3.86. The van der Waals surface area contributed by atoms with Crippen LogP contribution in [0.5, 0.6) is 5.75 Å². The van der Waals surface area contributed by atoms with E-state index < -0.39 is 57.4 Å². The Labute approximate surface area is 278 Å². The monoisotopic (exact) mass is 674 g/mol. The van der Waals surface area contributed by atoms with Crippen molar-refractivity contribution in [2.75, 3.05) is 20.3 Å². The third kappa shape index (κ3) is 9.87. The Kier molecular flexibility index (Phi) is 13.0. The molecule has 13 heteroatoms. The molecule has 46 heavy (non-hydrogen) atoms. The van der Waals surface area contributed by atoms with Gasteiger partial charge in [0.25, 0.3) is 0 Å². The summed E-state index contributed by atoms with van der Waals surface area (Å²) in [6, 6.07) is 9.56. The van der Waals surface area contributed by atoms with E-state index in [9.17, 15) is 24.3 Å². The highest BCUT2D eigenvalue weighted by molar-refractivity contribution is 8.77. The second-order valence-electron chi connectivity index (χ2n) is 12.5. The van der Waals surface area contributed by atoms with Crippen LogP contribution in [0.4, 0.5) is 0 Å². The van der Waals surface area contributed by atoms with Crippen LogP contribution < -0.4 is 21.7 Å². The lowest BCUT2D eigenvalue weighted by atomic mass is 9.95. The second-order valence-corrected chi connectivity index (χ2v) is 15.9. The van der Waals surface area contributed by atoms with Crippen LogP contribution in [0.15, 0.2) is 42.5 Å². The van der Waals surface area contributed by atoms with Crippen LogP contribution in [0.3, 0.4) is 0 Å². The van der Waals surface area contributed by atoms with Gasteiger partial charge in [0, 0.05) is 17.7 Å². The lowest BCUT2D eigenvalue weighted by molar-refractivity contribution is -0.147. The fourth-order valence-electron chi connectivity index (χ4n) is 5.12. The van der Waals surface area contributed by atoms with Gasteiger partial charge in [0.1, 0.15) is 23.9 Å². The minimum atomic E-state index is -1.05. The van der Waals surface area contributed by atoms with Crippen molar-refractivity contribution in [3.8, 4) is 5.75 Å². The molecular formula is C33H46N4O7S2. The van der Waals surface area contributed by atoms with Crippen molar-refractivity contribution in [1.29, 1.82) is 0 Å². The first-order valence-electron chi connectivity index (χ1n) is 15.1. The molecule has 0 saturated carbocycles. The number of carbonyl (C=O) groups excluding carboxylic acids is 4.